The molecule has 6 heteroatoms. The van der Waals surface area contributed by atoms with E-state index in [-0.39, 0.29) is 23.7 Å². The van der Waals surface area contributed by atoms with Crippen LogP contribution in [0.2, 0.25) is 0 Å². The van der Waals surface area contributed by atoms with E-state index >= 15 is 0 Å². The highest BCUT2D eigenvalue weighted by atomic mass is 79.9. The second-order valence-electron chi connectivity index (χ2n) is 5.05. The number of anilines is 1. The van der Waals surface area contributed by atoms with E-state index in [2.05, 4.69) is 15.9 Å². The molecule has 1 heterocycles. The number of carbonyl (C=O) groups is 2. The number of benzene rings is 1. The quantitative estimate of drug-likeness (QED) is 0.659. The molecule has 1 saturated heterocycles. The van der Waals surface area contributed by atoms with Gasteiger partial charge in [-0.2, -0.15) is 0 Å². The largest absolute Gasteiger partial charge is 0.469 e. The van der Waals surface area contributed by atoms with E-state index < -0.39 is 0 Å². The van der Waals surface area contributed by atoms with Crippen LogP contribution in [0, 0.1) is 11.8 Å². The molecule has 1 fully saturated rings. The lowest BCUT2D eigenvalue weighted by atomic mass is 9.99. The molecule has 0 bridgehead atoms. The lowest BCUT2D eigenvalue weighted by Crippen LogP contribution is -2.30. The SMILES string of the molecule is COC(=O)C1CN(C(=O)c2cc(Br)ccc2N)CC1C. The number of methoxy groups -OCH3 is 1. The van der Waals surface area contributed by atoms with Gasteiger partial charge in [0.25, 0.3) is 5.91 Å². The van der Waals surface area contributed by atoms with Crippen molar-refractivity contribution in [3.05, 3.63) is 28.2 Å². The minimum absolute atomic E-state index is 0.0831. The number of amides is 1. The Balaban J connectivity index is 2.19. The summed E-state index contributed by atoms with van der Waals surface area (Å²) in [6.45, 7) is 2.85. The molecular formula is C14H17BrN2O3. The lowest BCUT2D eigenvalue weighted by molar-refractivity contribution is -0.146. The van der Waals surface area contributed by atoms with E-state index in [1.165, 1.54) is 7.11 Å². The van der Waals surface area contributed by atoms with Gasteiger partial charge in [0, 0.05) is 23.2 Å². The number of likely N-dealkylation sites (tertiary alicyclic amines) is 1. The summed E-state index contributed by atoms with van der Waals surface area (Å²) in [5.74, 6) is -0.603. The molecule has 1 aromatic carbocycles. The number of ether oxygens (including phenoxy) is 1. The maximum atomic E-state index is 12.5. The molecule has 0 aromatic heterocycles. The smallest absolute Gasteiger partial charge is 0.310 e. The van der Waals surface area contributed by atoms with Crippen LogP contribution in [-0.2, 0) is 9.53 Å². The summed E-state index contributed by atoms with van der Waals surface area (Å²) in [5.41, 5.74) is 6.75. The van der Waals surface area contributed by atoms with Gasteiger partial charge in [0.15, 0.2) is 0 Å². The molecule has 1 aliphatic heterocycles. The molecule has 2 unspecified atom stereocenters. The number of esters is 1. The topological polar surface area (TPSA) is 72.6 Å². The molecule has 108 valence electrons. The first-order valence-electron chi connectivity index (χ1n) is 6.36. The van der Waals surface area contributed by atoms with Crippen molar-refractivity contribution in [1.29, 1.82) is 0 Å². The van der Waals surface area contributed by atoms with Crippen LogP contribution in [0.1, 0.15) is 17.3 Å². The Kier molecular flexibility index (Phi) is 4.32. The molecular weight excluding hydrogens is 324 g/mol. The number of nitrogens with two attached hydrogens (primary N) is 1. The number of rotatable bonds is 2. The number of halogens is 1. The average molecular weight is 341 g/mol. The first kappa shape index (κ1) is 14.8. The predicted molar refractivity (Wildman–Crippen MR) is 79.1 cm³/mol. The minimum Gasteiger partial charge on any atom is -0.469 e. The van der Waals surface area contributed by atoms with Gasteiger partial charge in [0.1, 0.15) is 0 Å². The van der Waals surface area contributed by atoms with E-state index in [0.717, 1.165) is 4.47 Å². The van der Waals surface area contributed by atoms with Gasteiger partial charge in [-0.25, -0.2) is 0 Å². The number of nitrogen functional groups attached to an aromatic ring is 1. The van der Waals surface area contributed by atoms with Crippen molar-refractivity contribution in [2.75, 3.05) is 25.9 Å². The predicted octanol–water partition coefficient (Wildman–Crippen LogP) is 1.91. The Morgan fingerprint density at radius 1 is 1.40 bits per heavy atom. The third-order valence-corrected chi connectivity index (χ3v) is 4.14. The van der Waals surface area contributed by atoms with Crippen LogP contribution >= 0.6 is 15.9 Å². The zero-order valence-corrected chi connectivity index (χ0v) is 13.0. The van der Waals surface area contributed by atoms with Gasteiger partial charge >= 0.3 is 5.97 Å². The maximum Gasteiger partial charge on any atom is 0.310 e. The molecule has 0 radical (unpaired) electrons. The highest BCUT2D eigenvalue weighted by Crippen LogP contribution is 2.27. The molecule has 2 N–H and O–H groups in total. The summed E-state index contributed by atoms with van der Waals surface area (Å²) in [4.78, 5) is 25.8. The van der Waals surface area contributed by atoms with E-state index in [9.17, 15) is 9.59 Å². The first-order chi connectivity index (χ1) is 9.43. The number of nitrogens with zero attached hydrogens (tertiary/aromatic N) is 1. The van der Waals surface area contributed by atoms with E-state index in [1.807, 2.05) is 6.92 Å². The molecule has 1 amide bonds. The summed E-state index contributed by atoms with van der Waals surface area (Å²) in [7, 11) is 1.37. The van der Waals surface area contributed by atoms with Gasteiger partial charge in [-0.05, 0) is 24.1 Å². The van der Waals surface area contributed by atoms with Crippen molar-refractivity contribution in [3.8, 4) is 0 Å². The Morgan fingerprint density at radius 3 is 2.75 bits per heavy atom. The fourth-order valence-corrected chi connectivity index (χ4v) is 2.84. The van der Waals surface area contributed by atoms with Crippen molar-refractivity contribution in [2.24, 2.45) is 11.8 Å². The van der Waals surface area contributed by atoms with Crippen molar-refractivity contribution >= 4 is 33.5 Å². The summed E-state index contributed by atoms with van der Waals surface area (Å²) in [6, 6.07) is 5.18. The third kappa shape index (κ3) is 2.80. The second kappa shape index (κ2) is 5.83. The number of hydrogen-bond acceptors (Lipinski definition) is 4. The van der Waals surface area contributed by atoms with Crippen LogP contribution in [0.5, 0.6) is 0 Å². The molecule has 20 heavy (non-hydrogen) atoms. The fourth-order valence-electron chi connectivity index (χ4n) is 2.47. The van der Waals surface area contributed by atoms with Crippen LogP contribution in [0.4, 0.5) is 5.69 Å². The Bertz CT molecular complexity index is 547. The van der Waals surface area contributed by atoms with Crippen LogP contribution in [-0.4, -0.2) is 37.0 Å². The number of hydrogen-bond donors (Lipinski definition) is 1. The highest BCUT2D eigenvalue weighted by Gasteiger charge is 2.38. The summed E-state index contributed by atoms with van der Waals surface area (Å²) >= 11 is 3.33. The van der Waals surface area contributed by atoms with E-state index in [1.54, 1.807) is 23.1 Å². The Labute approximate surface area is 126 Å². The third-order valence-electron chi connectivity index (χ3n) is 3.65. The first-order valence-corrected chi connectivity index (χ1v) is 7.15. The van der Waals surface area contributed by atoms with Crippen molar-refractivity contribution in [1.82, 2.24) is 4.90 Å². The summed E-state index contributed by atoms with van der Waals surface area (Å²) < 4.78 is 5.57. The molecule has 1 aliphatic rings. The van der Waals surface area contributed by atoms with Crippen molar-refractivity contribution in [2.45, 2.75) is 6.92 Å². The fraction of sp³-hybridized carbons (Fsp3) is 0.429. The standard InChI is InChI=1S/C14H17BrN2O3/c1-8-6-17(7-11(8)14(19)20-2)13(18)10-5-9(15)3-4-12(10)16/h3-5,8,11H,6-7,16H2,1-2H3. The zero-order valence-electron chi connectivity index (χ0n) is 11.4. The molecule has 2 rings (SSSR count). The van der Waals surface area contributed by atoms with Gasteiger partial charge in [0.2, 0.25) is 0 Å². The van der Waals surface area contributed by atoms with Gasteiger partial charge in [-0.1, -0.05) is 22.9 Å². The van der Waals surface area contributed by atoms with Crippen LogP contribution in [0.3, 0.4) is 0 Å². The normalized spacial score (nSPS) is 21.9. The summed E-state index contributed by atoms with van der Waals surface area (Å²) in [5, 5.41) is 0. The summed E-state index contributed by atoms with van der Waals surface area (Å²) in [6.07, 6.45) is 0. The molecule has 0 aliphatic carbocycles. The van der Waals surface area contributed by atoms with Crippen molar-refractivity contribution in [3.63, 3.8) is 0 Å². The second-order valence-corrected chi connectivity index (χ2v) is 5.96. The Hall–Kier alpha value is -1.56. The van der Waals surface area contributed by atoms with Crippen LogP contribution in [0.25, 0.3) is 0 Å². The maximum absolute atomic E-state index is 12.5. The molecule has 5 nitrogen and oxygen atoms in total. The lowest BCUT2D eigenvalue weighted by Gasteiger charge is -2.17. The van der Waals surface area contributed by atoms with Crippen LogP contribution in [0.15, 0.2) is 22.7 Å². The van der Waals surface area contributed by atoms with E-state index in [0.29, 0.717) is 24.3 Å². The Morgan fingerprint density at radius 2 is 2.10 bits per heavy atom. The highest BCUT2D eigenvalue weighted by molar-refractivity contribution is 9.10. The van der Waals surface area contributed by atoms with E-state index in [4.69, 9.17) is 10.5 Å². The molecule has 0 spiro atoms. The average Bonchev–Trinajstić information content (AvgIpc) is 2.82. The minimum atomic E-state index is -0.269. The molecule has 2 atom stereocenters. The van der Waals surface area contributed by atoms with Crippen LogP contribution < -0.4 is 5.73 Å². The van der Waals surface area contributed by atoms with Gasteiger partial charge in [-0.15, -0.1) is 0 Å². The monoisotopic (exact) mass is 340 g/mol. The zero-order chi connectivity index (χ0) is 14.9. The molecule has 1 aromatic rings. The molecule has 0 saturated carbocycles. The van der Waals surface area contributed by atoms with Crippen molar-refractivity contribution < 1.29 is 14.3 Å². The van der Waals surface area contributed by atoms with Gasteiger partial charge in [-0.3, -0.25) is 9.59 Å². The van der Waals surface area contributed by atoms with Gasteiger partial charge in [0.05, 0.1) is 18.6 Å². The number of carbonyl (C=O) groups excluding carboxylic acids is 2. The van der Waals surface area contributed by atoms with Gasteiger partial charge < -0.3 is 15.4 Å².